The van der Waals surface area contributed by atoms with E-state index < -0.39 is 27.6 Å². The fourth-order valence-electron chi connectivity index (χ4n) is 4.29. The summed E-state index contributed by atoms with van der Waals surface area (Å²) in [6, 6.07) is 9.79. The van der Waals surface area contributed by atoms with E-state index in [0.717, 1.165) is 5.39 Å². The van der Waals surface area contributed by atoms with Crippen molar-refractivity contribution in [3.63, 3.8) is 0 Å². The van der Waals surface area contributed by atoms with Gasteiger partial charge in [0.15, 0.2) is 9.84 Å². The van der Waals surface area contributed by atoms with Crippen LogP contribution in [0.2, 0.25) is 5.02 Å². The topological polar surface area (TPSA) is 104 Å². The van der Waals surface area contributed by atoms with Gasteiger partial charge in [0.25, 0.3) is 5.91 Å². The first kappa shape index (κ1) is 23.0. The number of hydrogen-bond donors (Lipinski definition) is 1. The van der Waals surface area contributed by atoms with Crippen molar-refractivity contribution >= 4 is 44.0 Å². The maximum absolute atomic E-state index is 12.8. The summed E-state index contributed by atoms with van der Waals surface area (Å²) in [5.74, 6) is -1.34. The van der Waals surface area contributed by atoms with Gasteiger partial charge < -0.3 is 19.6 Å². The number of halogens is 1. The molecule has 0 spiro atoms. The lowest BCUT2D eigenvalue weighted by Gasteiger charge is -2.40. The molecule has 2 aromatic rings. The molecule has 0 saturated carbocycles. The van der Waals surface area contributed by atoms with Crippen molar-refractivity contribution in [2.45, 2.75) is 29.9 Å². The van der Waals surface area contributed by atoms with E-state index in [9.17, 15) is 23.1 Å². The van der Waals surface area contributed by atoms with Crippen LogP contribution in [-0.4, -0.2) is 85.9 Å². The summed E-state index contributed by atoms with van der Waals surface area (Å²) in [6.45, 7) is 1.85. The van der Waals surface area contributed by atoms with Gasteiger partial charge in [-0.2, -0.15) is 0 Å². The molecular formula is C22H25ClN2O6S. The molecule has 0 radical (unpaired) electrons. The monoisotopic (exact) mass is 480 g/mol. The number of carbonyl (C=O) groups excluding carboxylic acids is 2. The molecule has 2 aliphatic heterocycles. The number of rotatable bonds is 5. The van der Waals surface area contributed by atoms with Gasteiger partial charge in [0.05, 0.1) is 17.3 Å². The highest BCUT2D eigenvalue weighted by Crippen LogP contribution is 2.24. The summed E-state index contributed by atoms with van der Waals surface area (Å²) in [5, 5.41) is 12.5. The Morgan fingerprint density at radius 1 is 1.12 bits per heavy atom. The van der Waals surface area contributed by atoms with Gasteiger partial charge in [0, 0.05) is 30.7 Å². The Kier molecular flexibility index (Phi) is 6.71. The Hall–Kier alpha value is -2.20. The molecule has 0 bridgehead atoms. The van der Waals surface area contributed by atoms with Gasteiger partial charge in [-0.25, -0.2) is 8.42 Å². The molecule has 0 aliphatic carbocycles. The van der Waals surface area contributed by atoms with E-state index in [2.05, 4.69) is 0 Å². The number of aliphatic hydroxyl groups excluding tert-OH is 1. The van der Waals surface area contributed by atoms with Gasteiger partial charge >= 0.3 is 0 Å². The van der Waals surface area contributed by atoms with E-state index in [1.807, 2.05) is 0 Å². The molecule has 32 heavy (non-hydrogen) atoms. The number of ether oxygens (including phenoxy) is 1. The highest BCUT2D eigenvalue weighted by molar-refractivity contribution is 7.91. The van der Waals surface area contributed by atoms with Gasteiger partial charge in [0.2, 0.25) is 5.91 Å². The first-order valence-electron chi connectivity index (χ1n) is 10.5. The third-order valence-corrected chi connectivity index (χ3v) is 8.00. The number of benzene rings is 2. The van der Waals surface area contributed by atoms with Crippen molar-refractivity contribution in [1.29, 1.82) is 0 Å². The van der Waals surface area contributed by atoms with Gasteiger partial charge in [0.1, 0.15) is 12.7 Å². The van der Waals surface area contributed by atoms with Crippen LogP contribution in [-0.2, 0) is 24.2 Å². The summed E-state index contributed by atoms with van der Waals surface area (Å²) >= 11 is 5.97. The second-order valence-corrected chi connectivity index (χ2v) is 10.6. The molecule has 2 fully saturated rings. The van der Waals surface area contributed by atoms with Gasteiger partial charge in [-0.15, -0.1) is 0 Å². The summed E-state index contributed by atoms with van der Waals surface area (Å²) < 4.78 is 30.8. The van der Waals surface area contributed by atoms with Crippen molar-refractivity contribution in [3.8, 4) is 0 Å². The Balaban J connectivity index is 1.38. The highest BCUT2D eigenvalue weighted by Gasteiger charge is 2.34. The van der Waals surface area contributed by atoms with Crippen LogP contribution in [0, 0.1) is 0 Å². The van der Waals surface area contributed by atoms with Gasteiger partial charge in [-0.3, -0.25) is 9.59 Å². The maximum atomic E-state index is 12.8. The predicted molar refractivity (Wildman–Crippen MR) is 119 cm³/mol. The highest BCUT2D eigenvalue weighted by atomic mass is 35.5. The standard InChI is InChI=1S/C22H25ClN2O6S/c23-17-3-1-16-12-19(4-2-15(16)11-17)32(29,30)14-20(26)22(28)24-7-5-18(6-8-24)25-9-10-31-13-21(25)27/h1-4,11-12,18,20,26H,5-10,13-14H2/t20-/m1/s1. The third kappa shape index (κ3) is 4.91. The zero-order chi connectivity index (χ0) is 22.9. The van der Waals surface area contributed by atoms with Crippen LogP contribution in [0.15, 0.2) is 41.3 Å². The van der Waals surface area contributed by atoms with Crippen LogP contribution in [0.1, 0.15) is 12.8 Å². The smallest absolute Gasteiger partial charge is 0.252 e. The largest absolute Gasteiger partial charge is 0.382 e. The number of fused-ring (bicyclic) bond motifs is 1. The second-order valence-electron chi connectivity index (χ2n) is 8.15. The second kappa shape index (κ2) is 9.35. The molecule has 2 saturated heterocycles. The summed E-state index contributed by atoms with van der Waals surface area (Å²) in [5.41, 5.74) is 0. The number of piperidine rings is 1. The Morgan fingerprint density at radius 2 is 1.81 bits per heavy atom. The fourth-order valence-corrected chi connectivity index (χ4v) is 5.80. The lowest BCUT2D eigenvalue weighted by Crippen LogP contribution is -2.54. The molecule has 4 rings (SSSR count). The number of nitrogens with zero attached hydrogens (tertiary/aromatic N) is 2. The summed E-state index contributed by atoms with van der Waals surface area (Å²) in [4.78, 5) is 28.0. The molecule has 2 amide bonds. The SMILES string of the molecule is O=C([C@H](O)CS(=O)(=O)c1ccc2cc(Cl)ccc2c1)N1CCC(N2CCOCC2=O)CC1. The molecule has 2 heterocycles. The van der Waals surface area contributed by atoms with E-state index in [0.29, 0.717) is 49.5 Å². The number of carbonyl (C=O) groups is 2. The number of morpholine rings is 1. The number of aliphatic hydroxyl groups is 1. The Bertz CT molecular complexity index is 1130. The average molecular weight is 481 g/mol. The van der Waals surface area contributed by atoms with Crippen molar-refractivity contribution < 1.29 is 27.9 Å². The van der Waals surface area contributed by atoms with Crippen molar-refractivity contribution in [2.75, 3.05) is 38.6 Å². The minimum atomic E-state index is -3.88. The normalized spacial score (nSPS) is 19.4. The van der Waals surface area contributed by atoms with E-state index in [-0.39, 0.29) is 23.5 Å². The number of sulfone groups is 1. The summed E-state index contributed by atoms with van der Waals surface area (Å²) in [6.07, 6.45) is -0.476. The minimum absolute atomic E-state index is 0.0300. The van der Waals surface area contributed by atoms with Crippen LogP contribution in [0.5, 0.6) is 0 Å². The van der Waals surface area contributed by atoms with Gasteiger partial charge in [-0.05, 0) is 47.9 Å². The molecular weight excluding hydrogens is 456 g/mol. The van der Waals surface area contributed by atoms with E-state index >= 15 is 0 Å². The van der Waals surface area contributed by atoms with Crippen LogP contribution in [0.3, 0.4) is 0 Å². The molecule has 2 aliphatic rings. The molecule has 2 aromatic carbocycles. The van der Waals surface area contributed by atoms with Crippen molar-refractivity contribution in [2.24, 2.45) is 0 Å². The van der Waals surface area contributed by atoms with Crippen LogP contribution in [0.25, 0.3) is 10.8 Å². The Labute approximate surface area is 191 Å². The van der Waals surface area contributed by atoms with Gasteiger partial charge in [-0.1, -0.05) is 23.7 Å². The first-order chi connectivity index (χ1) is 15.2. The zero-order valence-corrected chi connectivity index (χ0v) is 19.0. The molecule has 1 N–H and O–H groups in total. The minimum Gasteiger partial charge on any atom is -0.382 e. The predicted octanol–water partition coefficient (Wildman–Crippen LogP) is 1.48. The third-order valence-electron chi connectivity index (χ3n) is 6.03. The van der Waals surface area contributed by atoms with E-state index in [1.165, 1.54) is 17.0 Å². The van der Waals surface area contributed by atoms with Crippen molar-refractivity contribution in [1.82, 2.24) is 9.80 Å². The number of hydrogen-bond acceptors (Lipinski definition) is 6. The van der Waals surface area contributed by atoms with Crippen LogP contribution in [0.4, 0.5) is 0 Å². The van der Waals surface area contributed by atoms with E-state index in [4.69, 9.17) is 16.3 Å². The molecule has 1 atom stereocenters. The molecule has 172 valence electrons. The Morgan fingerprint density at radius 3 is 2.53 bits per heavy atom. The van der Waals surface area contributed by atoms with Crippen molar-refractivity contribution in [3.05, 3.63) is 41.4 Å². The molecule has 8 nitrogen and oxygen atoms in total. The summed E-state index contributed by atoms with van der Waals surface area (Å²) in [7, 11) is -3.88. The average Bonchev–Trinajstić information content (AvgIpc) is 2.78. The number of amides is 2. The molecule has 10 heteroatoms. The van der Waals surface area contributed by atoms with E-state index in [1.54, 1.807) is 29.2 Å². The zero-order valence-electron chi connectivity index (χ0n) is 17.4. The van der Waals surface area contributed by atoms with Crippen LogP contribution < -0.4 is 0 Å². The molecule has 0 aromatic heterocycles. The lowest BCUT2D eigenvalue weighted by molar-refractivity contribution is -0.148. The fraction of sp³-hybridized carbons (Fsp3) is 0.455. The first-order valence-corrected chi connectivity index (χ1v) is 12.5. The van der Waals surface area contributed by atoms with Crippen LogP contribution >= 0.6 is 11.6 Å². The molecule has 0 unspecified atom stereocenters. The lowest BCUT2D eigenvalue weighted by atomic mass is 10.0. The number of likely N-dealkylation sites (tertiary alicyclic amines) is 1. The maximum Gasteiger partial charge on any atom is 0.252 e. The quantitative estimate of drug-likeness (QED) is 0.695.